The van der Waals surface area contributed by atoms with Crippen LogP contribution >= 0.6 is 0 Å². The Hall–Kier alpha value is -2.43. The third-order valence-corrected chi connectivity index (χ3v) is 3.19. The highest BCUT2D eigenvalue weighted by Gasteiger charge is 2.23. The molecule has 20 heavy (non-hydrogen) atoms. The van der Waals surface area contributed by atoms with Crippen LogP contribution in [0.1, 0.15) is 23.1 Å². The summed E-state index contributed by atoms with van der Waals surface area (Å²) in [5.74, 6) is -1.55. The van der Waals surface area contributed by atoms with E-state index in [1.165, 1.54) is 0 Å². The molecule has 0 saturated carbocycles. The van der Waals surface area contributed by atoms with E-state index < -0.39 is 17.8 Å². The van der Waals surface area contributed by atoms with Crippen molar-refractivity contribution in [3.05, 3.63) is 46.5 Å². The van der Waals surface area contributed by atoms with Gasteiger partial charge in [0.25, 0.3) is 11.8 Å². The van der Waals surface area contributed by atoms with Crippen LogP contribution in [-0.2, 0) is 25.7 Å². The molecule has 0 aliphatic carbocycles. The minimum absolute atomic E-state index is 0.140. The molecule has 2 amide bonds. The molecule has 1 aromatic rings. The second-order valence-corrected chi connectivity index (χ2v) is 4.70. The Kier molecular flexibility index (Phi) is 3.98. The molecule has 0 radical (unpaired) electrons. The predicted molar refractivity (Wildman–Crippen MR) is 71.6 cm³/mol. The number of rotatable bonds is 4. The molecule has 0 bridgehead atoms. The molecule has 5 heteroatoms. The van der Waals surface area contributed by atoms with E-state index in [-0.39, 0.29) is 18.6 Å². The van der Waals surface area contributed by atoms with E-state index in [9.17, 15) is 14.4 Å². The number of aryl methyl sites for hydroxylation is 2. The van der Waals surface area contributed by atoms with Crippen molar-refractivity contribution >= 4 is 17.8 Å². The van der Waals surface area contributed by atoms with Gasteiger partial charge in [0, 0.05) is 11.6 Å². The first kappa shape index (κ1) is 14.0. The molecule has 0 unspecified atom stereocenters. The van der Waals surface area contributed by atoms with Gasteiger partial charge in [-0.05, 0) is 30.5 Å². The molecule has 0 spiro atoms. The monoisotopic (exact) mass is 273 g/mol. The molecule has 1 aliphatic rings. The molecular formula is C15H15NO4. The summed E-state index contributed by atoms with van der Waals surface area (Å²) in [6.07, 6.45) is 0.936. The molecule has 0 aromatic heterocycles. The standard InChI is InChI=1S/C15H15NO4/c1-9-4-3-5-10(2)12(9)8-20-14(18)7-11-6-13(17)16-15(11)19/h3-6H,7-8H2,1-2H3,(H,16,17,19). The van der Waals surface area contributed by atoms with Crippen molar-refractivity contribution in [2.75, 3.05) is 0 Å². The van der Waals surface area contributed by atoms with Crippen molar-refractivity contribution in [2.24, 2.45) is 0 Å². The van der Waals surface area contributed by atoms with Gasteiger partial charge in [-0.15, -0.1) is 0 Å². The zero-order valence-corrected chi connectivity index (χ0v) is 11.4. The van der Waals surface area contributed by atoms with Crippen LogP contribution in [0.5, 0.6) is 0 Å². The smallest absolute Gasteiger partial charge is 0.310 e. The van der Waals surface area contributed by atoms with Crippen molar-refractivity contribution in [1.29, 1.82) is 0 Å². The average molecular weight is 273 g/mol. The second kappa shape index (κ2) is 5.69. The summed E-state index contributed by atoms with van der Waals surface area (Å²) in [5, 5.41) is 2.09. The number of imide groups is 1. The Bertz CT molecular complexity index is 596. The topological polar surface area (TPSA) is 72.5 Å². The Balaban J connectivity index is 1.95. The first-order valence-corrected chi connectivity index (χ1v) is 6.24. The zero-order valence-electron chi connectivity index (χ0n) is 11.4. The number of nitrogens with one attached hydrogen (secondary N) is 1. The molecule has 0 saturated heterocycles. The first-order valence-electron chi connectivity index (χ1n) is 6.24. The molecule has 1 aliphatic heterocycles. The van der Waals surface area contributed by atoms with Gasteiger partial charge in [-0.1, -0.05) is 18.2 Å². The quantitative estimate of drug-likeness (QED) is 0.663. The first-order chi connectivity index (χ1) is 9.47. The van der Waals surface area contributed by atoms with Crippen molar-refractivity contribution in [1.82, 2.24) is 5.32 Å². The lowest BCUT2D eigenvalue weighted by molar-refractivity contribution is -0.144. The average Bonchev–Trinajstić information content (AvgIpc) is 2.67. The summed E-state index contributed by atoms with van der Waals surface area (Å²) >= 11 is 0. The number of amides is 2. The van der Waals surface area contributed by atoms with Crippen LogP contribution in [0.4, 0.5) is 0 Å². The second-order valence-electron chi connectivity index (χ2n) is 4.70. The fourth-order valence-electron chi connectivity index (χ4n) is 2.02. The summed E-state index contributed by atoms with van der Waals surface area (Å²) in [7, 11) is 0. The predicted octanol–water partition coefficient (Wildman–Crippen LogP) is 1.32. The molecule has 2 rings (SSSR count). The molecule has 0 fully saturated rings. The van der Waals surface area contributed by atoms with E-state index in [4.69, 9.17) is 4.74 Å². The lowest BCUT2D eigenvalue weighted by atomic mass is 10.0. The van der Waals surface area contributed by atoms with E-state index >= 15 is 0 Å². The van der Waals surface area contributed by atoms with Crippen molar-refractivity contribution < 1.29 is 19.1 Å². The van der Waals surface area contributed by atoms with Gasteiger partial charge < -0.3 is 4.74 Å². The normalized spacial score (nSPS) is 14.0. The van der Waals surface area contributed by atoms with Crippen LogP contribution in [0.3, 0.4) is 0 Å². The van der Waals surface area contributed by atoms with Crippen LogP contribution in [0.25, 0.3) is 0 Å². The van der Waals surface area contributed by atoms with Gasteiger partial charge in [-0.3, -0.25) is 19.7 Å². The lowest BCUT2D eigenvalue weighted by Gasteiger charge is -2.10. The molecular weight excluding hydrogens is 258 g/mol. The minimum atomic E-state index is -0.529. The molecule has 0 atom stereocenters. The van der Waals surface area contributed by atoms with Gasteiger partial charge in [0.15, 0.2) is 0 Å². The van der Waals surface area contributed by atoms with Crippen molar-refractivity contribution in [2.45, 2.75) is 26.9 Å². The Morgan fingerprint density at radius 1 is 1.20 bits per heavy atom. The van der Waals surface area contributed by atoms with Crippen molar-refractivity contribution in [3.8, 4) is 0 Å². The fraction of sp³-hybridized carbons (Fsp3) is 0.267. The SMILES string of the molecule is Cc1cccc(C)c1COC(=O)CC1=CC(=O)NC1=O. The van der Waals surface area contributed by atoms with E-state index in [0.717, 1.165) is 22.8 Å². The van der Waals surface area contributed by atoms with E-state index in [2.05, 4.69) is 5.32 Å². The number of esters is 1. The van der Waals surface area contributed by atoms with Crippen LogP contribution in [0.15, 0.2) is 29.8 Å². The number of ether oxygens (including phenoxy) is 1. The van der Waals surface area contributed by atoms with Gasteiger partial charge >= 0.3 is 5.97 Å². The molecule has 1 N–H and O–H groups in total. The van der Waals surface area contributed by atoms with Gasteiger partial charge in [-0.2, -0.15) is 0 Å². The highest BCUT2D eigenvalue weighted by molar-refractivity contribution is 6.17. The van der Waals surface area contributed by atoms with Crippen molar-refractivity contribution in [3.63, 3.8) is 0 Å². The van der Waals surface area contributed by atoms with Gasteiger partial charge in [0.2, 0.25) is 0 Å². The van der Waals surface area contributed by atoms with Crippen LogP contribution in [0, 0.1) is 13.8 Å². The highest BCUT2D eigenvalue weighted by Crippen LogP contribution is 2.15. The summed E-state index contributed by atoms with van der Waals surface area (Å²) in [6, 6.07) is 5.83. The van der Waals surface area contributed by atoms with E-state index in [1.807, 2.05) is 32.0 Å². The Morgan fingerprint density at radius 3 is 2.40 bits per heavy atom. The van der Waals surface area contributed by atoms with Gasteiger partial charge in [-0.25, -0.2) is 0 Å². The number of hydrogen-bond acceptors (Lipinski definition) is 4. The maximum Gasteiger partial charge on any atom is 0.310 e. The van der Waals surface area contributed by atoms with E-state index in [0.29, 0.717) is 0 Å². The molecule has 5 nitrogen and oxygen atoms in total. The summed E-state index contributed by atoms with van der Waals surface area (Å²) < 4.78 is 5.16. The van der Waals surface area contributed by atoms with Gasteiger partial charge in [0.05, 0.1) is 6.42 Å². The zero-order chi connectivity index (χ0) is 14.7. The Labute approximate surface area is 116 Å². The number of hydrogen-bond donors (Lipinski definition) is 1. The number of benzene rings is 1. The minimum Gasteiger partial charge on any atom is -0.461 e. The fourth-order valence-corrected chi connectivity index (χ4v) is 2.02. The highest BCUT2D eigenvalue weighted by atomic mass is 16.5. The van der Waals surface area contributed by atoms with Crippen LogP contribution < -0.4 is 5.32 Å². The van der Waals surface area contributed by atoms with Crippen LogP contribution in [-0.4, -0.2) is 17.8 Å². The van der Waals surface area contributed by atoms with Crippen LogP contribution in [0.2, 0.25) is 0 Å². The molecule has 1 heterocycles. The summed E-state index contributed by atoms with van der Waals surface area (Å²) in [6.45, 7) is 4.06. The number of carbonyl (C=O) groups excluding carboxylic acids is 3. The molecule has 104 valence electrons. The maximum absolute atomic E-state index is 11.7. The Morgan fingerprint density at radius 2 is 1.85 bits per heavy atom. The summed E-state index contributed by atoms with van der Waals surface area (Å²) in [5.41, 5.74) is 3.19. The van der Waals surface area contributed by atoms with Gasteiger partial charge in [0.1, 0.15) is 6.61 Å². The lowest BCUT2D eigenvalue weighted by Crippen LogP contribution is -2.23. The third kappa shape index (κ3) is 3.12. The largest absolute Gasteiger partial charge is 0.461 e. The maximum atomic E-state index is 11.7. The number of carbonyl (C=O) groups is 3. The third-order valence-electron chi connectivity index (χ3n) is 3.19. The van der Waals surface area contributed by atoms with E-state index in [1.54, 1.807) is 0 Å². The summed E-state index contributed by atoms with van der Waals surface area (Å²) in [4.78, 5) is 33.9. The molecule has 1 aromatic carbocycles.